The number of aliphatic imine (C=N–C) groups is 1. The van der Waals surface area contributed by atoms with E-state index in [1.54, 1.807) is 0 Å². The van der Waals surface area contributed by atoms with E-state index in [-0.39, 0.29) is 30.1 Å². The second-order valence-electron chi connectivity index (χ2n) is 8.93. The lowest BCUT2D eigenvalue weighted by Crippen LogP contribution is -2.48. The molecular weight excluding hydrogens is 527 g/mol. The van der Waals surface area contributed by atoms with Crippen LogP contribution in [0.25, 0.3) is 0 Å². The van der Waals surface area contributed by atoms with Gasteiger partial charge in [-0.1, -0.05) is 37.1 Å². The number of nitrogens with one attached hydrogen (secondary N) is 1. The Morgan fingerprint density at radius 2 is 1.82 bits per heavy atom. The summed E-state index contributed by atoms with van der Waals surface area (Å²) in [6, 6.07) is 9.02. The standard InChI is InChI=1S/C25H38N6O.HI/c1-3-26-25(31-14-15-32-24(20-31)23-17-28-29(2)19-23)27-16-21-8-10-22(11-9-21)18-30-12-6-4-5-7-13-30;/h8-11,17,19,24H,3-7,12-16,18,20H2,1-2H3,(H,26,27);1H. The normalized spacial score (nSPS) is 20.2. The Bertz CT molecular complexity index is 860. The zero-order valence-corrected chi connectivity index (χ0v) is 22.4. The summed E-state index contributed by atoms with van der Waals surface area (Å²) in [5, 5.41) is 7.76. The third kappa shape index (κ3) is 7.68. The van der Waals surface area contributed by atoms with Crippen LogP contribution in [0.2, 0.25) is 0 Å². The van der Waals surface area contributed by atoms with Crippen molar-refractivity contribution in [2.75, 3.05) is 39.3 Å². The van der Waals surface area contributed by atoms with E-state index in [1.165, 1.54) is 49.9 Å². The number of aromatic nitrogens is 2. The van der Waals surface area contributed by atoms with E-state index in [4.69, 9.17) is 9.73 Å². The number of morpholine rings is 1. The van der Waals surface area contributed by atoms with Crippen LogP contribution in [0.1, 0.15) is 55.4 Å². The van der Waals surface area contributed by atoms with Gasteiger partial charge in [-0.25, -0.2) is 4.99 Å². The van der Waals surface area contributed by atoms with Crippen molar-refractivity contribution in [2.45, 2.75) is 51.8 Å². The molecule has 0 amide bonds. The third-order valence-corrected chi connectivity index (χ3v) is 6.34. The Hall–Kier alpha value is -1.65. The molecule has 1 N–H and O–H groups in total. The molecule has 182 valence electrons. The number of likely N-dealkylation sites (tertiary alicyclic amines) is 1. The molecule has 1 aromatic carbocycles. The first-order valence-electron chi connectivity index (χ1n) is 12.1. The van der Waals surface area contributed by atoms with Gasteiger partial charge in [-0.05, 0) is 44.0 Å². The van der Waals surface area contributed by atoms with E-state index in [0.29, 0.717) is 13.2 Å². The molecule has 1 aromatic heterocycles. The van der Waals surface area contributed by atoms with Gasteiger partial charge in [0.05, 0.1) is 25.9 Å². The van der Waals surface area contributed by atoms with Crippen molar-refractivity contribution in [2.24, 2.45) is 12.0 Å². The minimum absolute atomic E-state index is 0. The summed E-state index contributed by atoms with van der Waals surface area (Å²) >= 11 is 0. The molecule has 33 heavy (non-hydrogen) atoms. The average Bonchev–Trinajstić information content (AvgIpc) is 3.09. The minimum Gasteiger partial charge on any atom is -0.370 e. The predicted octanol–water partition coefficient (Wildman–Crippen LogP) is 3.95. The number of ether oxygens (including phenoxy) is 1. The maximum atomic E-state index is 6.00. The van der Waals surface area contributed by atoms with Crippen molar-refractivity contribution in [3.63, 3.8) is 0 Å². The van der Waals surface area contributed by atoms with Crippen LogP contribution >= 0.6 is 24.0 Å². The summed E-state index contributed by atoms with van der Waals surface area (Å²) in [6.45, 7) is 9.50. The summed E-state index contributed by atoms with van der Waals surface area (Å²) in [4.78, 5) is 9.84. The van der Waals surface area contributed by atoms with Crippen LogP contribution in [0.3, 0.4) is 0 Å². The first kappa shape index (κ1) is 26.0. The van der Waals surface area contributed by atoms with Crippen LogP contribution < -0.4 is 5.32 Å². The molecule has 0 bridgehead atoms. The largest absolute Gasteiger partial charge is 0.370 e. The summed E-state index contributed by atoms with van der Waals surface area (Å²) in [7, 11) is 1.94. The maximum absolute atomic E-state index is 6.00. The fraction of sp³-hybridized carbons (Fsp3) is 0.600. The number of hydrogen-bond acceptors (Lipinski definition) is 4. The first-order valence-corrected chi connectivity index (χ1v) is 12.1. The maximum Gasteiger partial charge on any atom is 0.194 e. The van der Waals surface area contributed by atoms with E-state index >= 15 is 0 Å². The highest BCUT2D eigenvalue weighted by Gasteiger charge is 2.25. The average molecular weight is 567 g/mol. The second kappa shape index (κ2) is 13.3. The molecule has 2 aliphatic rings. The van der Waals surface area contributed by atoms with Gasteiger partial charge in [0, 0.05) is 38.4 Å². The van der Waals surface area contributed by atoms with Crippen LogP contribution in [0.4, 0.5) is 0 Å². The van der Waals surface area contributed by atoms with Crippen LogP contribution in [-0.4, -0.2) is 64.9 Å². The molecule has 2 aromatic rings. The molecule has 0 aliphatic carbocycles. The van der Waals surface area contributed by atoms with E-state index in [0.717, 1.165) is 37.7 Å². The van der Waals surface area contributed by atoms with E-state index in [2.05, 4.69) is 51.4 Å². The minimum atomic E-state index is 0. The smallest absolute Gasteiger partial charge is 0.194 e. The molecule has 7 nitrogen and oxygen atoms in total. The fourth-order valence-corrected chi connectivity index (χ4v) is 4.54. The van der Waals surface area contributed by atoms with E-state index in [1.807, 2.05) is 24.1 Å². The van der Waals surface area contributed by atoms with Crippen molar-refractivity contribution in [3.05, 3.63) is 53.3 Å². The summed E-state index contributed by atoms with van der Waals surface area (Å²) < 4.78 is 7.83. The van der Waals surface area contributed by atoms with Crippen molar-refractivity contribution in [1.82, 2.24) is 24.9 Å². The summed E-state index contributed by atoms with van der Waals surface area (Å²) in [6.07, 6.45) is 9.39. The number of rotatable bonds is 6. The van der Waals surface area contributed by atoms with Crippen molar-refractivity contribution >= 4 is 29.9 Å². The van der Waals surface area contributed by atoms with Crippen LogP contribution in [0.15, 0.2) is 41.7 Å². The summed E-state index contributed by atoms with van der Waals surface area (Å²) in [5.74, 6) is 0.957. The van der Waals surface area contributed by atoms with Gasteiger partial charge in [0.1, 0.15) is 6.10 Å². The van der Waals surface area contributed by atoms with Gasteiger partial charge in [-0.2, -0.15) is 5.10 Å². The number of benzene rings is 1. The van der Waals surface area contributed by atoms with Crippen molar-refractivity contribution in [1.29, 1.82) is 0 Å². The highest BCUT2D eigenvalue weighted by molar-refractivity contribution is 14.0. The predicted molar refractivity (Wildman–Crippen MR) is 144 cm³/mol. The topological polar surface area (TPSA) is 57.9 Å². The van der Waals surface area contributed by atoms with Gasteiger partial charge in [0.25, 0.3) is 0 Å². The molecule has 0 saturated carbocycles. The van der Waals surface area contributed by atoms with Crippen LogP contribution in [0.5, 0.6) is 0 Å². The van der Waals surface area contributed by atoms with Crippen molar-refractivity contribution < 1.29 is 4.74 Å². The van der Waals surface area contributed by atoms with Crippen LogP contribution in [0, 0.1) is 0 Å². The number of guanidine groups is 1. The van der Waals surface area contributed by atoms with Crippen molar-refractivity contribution in [3.8, 4) is 0 Å². The Labute approximate surface area is 215 Å². The number of hydrogen-bond donors (Lipinski definition) is 1. The molecule has 2 fully saturated rings. The van der Waals surface area contributed by atoms with Gasteiger partial charge in [0.15, 0.2) is 5.96 Å². The quantitative estimate of drug-likeness (QED) is 0.326. The molecular formula is C25H39IN6O. The fourth-order valence-electron chi connectivity index (χ4n) is 4.54. The highest BCUT2D eigenvalue weighted by Crippen LogP contribution is 2.22. The first-order chi connectivity index (χ1) is 15.7. The monoisotopic (exact) mass is 566 g/mol. The van der Waals surface area contributed by atoms with Gasteiger partial charge < -0.3 is 15.0 Å². The lowest BCUT2D eigenvalue weighted by Gasteiger charge is -2.34. The molecule has 1 atom stereocenters. The highest BCUT2D eigenvalue weighted by atomic mass is 127. The third-order valence-electron chi connectivity index (χ3n) is 6.34. The molecule has 3 heterocycles. The number of halogens is 1. The molecule has 0 spiro atoms. The molecule has 4 rings (SSSR count). The van der Waals surface area contributed by atoms with Crippen LogP contribution in [-0.2, 0) is 24.9 Å². The molecule has 1 unspecified atom stereocenters. The lowest BCUT2D eigenvalue weighted by atomic mass is 10.1. The molecule has 2 aliphatic heterocycles. The Morgan fingerprint density at radius 3 is 2.48 bits per heavy atom. The Morgan fingerprint density at radius 1 is 1.09 bits per heavy atom. The molecule has 8 heteroatoms. The zero-order chi connectivity index (χ0) is 22.2. The zero-order valence-electron chi connectivity index (χ0n) is 20.1. The molecule has 2 saturated heterocycles. The second-order valence-corrected chi connectivity index (χ2v) is 8.93. The Balaban J connectivity index is 0.00000306. The van der Waals surface area contributed by atoms with Gasteiger partial charge in [-0.3, -0.25) is 9.58 Å². The van der Waals surface area contributed by atoms with Gasteiger partial charge in [-0.15, -0.1) is 24.0 Å². The van der Waals surface area contributed by atoms with Gasteiger partial charge >= 0.3 is 0 Å². The van der Waals surface area contributed by atoms with Gasteiger partial charge in [0.2, 0.25) is 0 Å². The lowest BCUT2D eigenvalue weighted by molar-refractivity contribution is -0.00805. The number of aryl methyl sites for hydroxylation is 1. The van der Waals surface area contributed by atoms with E-state index in [9.17, 15) is 0 Å². The molecule has 0 radical (unpaired) electrons. The summed E-state index contributed by atoms with van der Waals surface area (Å²) in [5.41, 5.74) is 3.77. The number of nitrogens with zero attached hydrogens (tertiary/aromatic N) is 5. The Kier molecular flexibility index (Phi) is 10.5. The van der Waals surface area contributed by atoms with E-state index < -0.39 is 0 Å². The SMILES string of the molecule is CCNC(=NCc1ccc(CN2CCCCCC2)cc1)N1CCOC(c2cnn(C)c2)C1.I.